The maximum atomic E-state index is 11.3. The fourth-order valence-electron chi connectivity index (χ4n) is 2.61. The number of nitrogens with zero attached hydrogens (tertiary/aromatic N) is 3. The van der Waals surface area contributed by atoms with E-state index < -0.39 is 21.2 Å². The van der Waals surface area contributed by atoms with Crippen molar-refractivity contribution in [1.82, 2.24) is 0 Å². The zero-order valence-electron chi connectivity index (χ0n) is 14.8. The first-order valence-electron chi connectivity index (χ1n) is 8.24. The van der Waals surface area contributed by atoms with Crippen molar-refractivity contribution in [1.29, 1.82) is 0 Å². The molecule has 3 N–H and O–H groups in total. The maximum Gasteiger partial charge on any atom is 0.301 e. The molecule has 0 unspecified atom stereocenters. The van der Waals surface area contributed by atoms with Crippen LogP contribution in [0.15, 0.2) is 71.8 Å². The second kappa shape index (κ2) is 8.36. The van der Waals surface area contributed by atoms with Crippen molar-refractivity contribution in [3.05, 3.63) is 103 Å². The Hall–Kier alpha value is -3.98. The van der Waals surface area contributed by atoms with Crippen LogP contribution in [0.25, 0.3) is 0 Å². The molecule has 0 fully saturated rings. The van der Waals surface area contributed by atoms with Gasteiger partial charge in [0.05, 0.1) is 21.6 Å². The first kappa shape index (κ1) is 19.8. The Morgan fingerprint density at radius 1 is 0.966 bits per heavy atom. The minimum atomic E-state index is -0.721. The Labute approximate surface area is 169 Å². The Morgan fingerprint density at radius 2 is 1.69 bits per heavy atom. The van der Waals surface area contributed by atoms with E-state index in [-0.39, 0.29) is 5.69 Å². The molecule has 10 heteroatoms. The lowest BCUT2D eigenvalue weighted by atomic mass is 10.0. The van der Waals surface area contributed by atoms with Gasteiger partial charge in [-0.1, -0.05) is 41.9 Å². The molecule has 3 aromatic rings. The average Bonchev–Trinajstić information content (AvgIpc) is 2.71. The standard InChI is InChI=1S/C19H14ClN5O4/c20-13-6-8-16(21)15(10-13)19(12-4-2-1-3-5-12)23-22-17-9-7-14(24(26)27)11-18(17)25(28)29/h1-11,22H,21H2. The van der Waals surface area contributed by atoms with Gasteiger partial charge in [0.2, 0.25) is 0 Å². The van der Waals surface area contributed by atoms with E-state index in [2.05, 4.69) is 10.5 Å². The summed E-state index contributed by atoms with van der Waals surface area (Å²) < 4.78 is 0. The highest BCUT2D eigenvalue weighted by Gasteiger charge is 2.20. The SMILES string of the molecule is Nc1ccc(Cl)cc1C(=NNc1ccc([N+](=O)[O-])cc1[N+](=O)[O-])c1ccccc1. The molecule has 0 aromatic heterocycles. The van der Waals surface area contributed by atoms with Crippen molar-refractivity contribution in [2.75, 3.05) is 11.2 Å². The number of anilines is 2. The van der Waals surface area contributed by atoms with Crippen LogP contribution in [0.3, 0.4) is 0 Å². The zero-order valence-corrected chi connectivity index (χ0v) is 15.5. The van der Waals surface area contributed by atoms with E-state index in [4.69, 9.17) is 17.3 Å². The van der Waals surface area contributed by atoms with Crippen LogP contribution in [-0.4, -0.2) is 15.6 Å². The Bertz CT molecular complexity index is 1120. The molecule has 29 heavy (non-hydrogen) atoms. The molecule has 0 aliphatic heterocycles. The van der Waals surface area contributed by atoms with Gasteiger partial charge in [0.25, 0.3) is 5.69 Å². The summed E-state index contributed by atoms with van der Waals surface area (Å²) in [4.78, 5) is 20.8. The fourth-order valence-corrected chi connectivity index (χ4v) is 2.78. The van der Waals surface area contributed by atoms with Gasteiger partial charge in [-0.05, 0) is 24.3 Å². The Balaban J connectivity index is 2.10. The molecule has 0 amide bonds. The van der Waals surface area contributed by atoms with Crippen LogP contribution < -0.4 is 11.2 Å². The second-order valence-corrected chi connectivity index (χ2v) is 6.32. The van der Waals surface area contributed by atoms with Gasteiger partial charge in [-0.2, -0.15) is 5.10 Å². The van der Waals surface area contributed by atoms with Crippen LogP contribution in [0, 0.1) is 20.2 Å². The average molecular weight is 412 g/mol. The largest absolute Gasteiger partial charge is 0.398 e. The van der Waals surface area contributed by atoms with Gasteiger partial charge < -0.3 is 5.73 Å². The van der Waals surface area contributed by atoms with Crippen molar-refractivity contribution in [3.8, 4) is 0 Å². The summed E-state index contributed by atoms with van der Waals surface area (Å²) in [6.45, 7) is 0. The third-order valence-electron chi connectivity index (χ3n) is 3.99. The molecule has 146 valence electrons. The van der Waals surface area contributed by atoms with Gasteiger partial charge in [0, 0.05) is 27.9 Å². The number of nitrogen functional groups attached to an aromatic ring is 1. The van der Waals surface area contributed by atoms with E-state index in [1.54, 1.807) is 42.5 Å². The Morgan fingerprint density at radius 3 is 2.34 bits per heavy atom. The van der Waals surface area contributed by atoms with Crippen molar-refractivity contribution in [2.24, 2.45) is 5.10 Å². The number of nitro benzene ring substituents is 2. The van der Waals surface area contributed by atoms with Crippen LogP contribution in [0.1, 0.15) is 11.1 Å². The summed E-state index contributed by atoms with van der Waals surface area (Å²) in [6.07, 6.45) is 0. The summed E-state index contributed by atoms with van der Waals surface area (Å²) in [5.74, 6) is 0. The number of non-ortho nitro benzene ring substituents is 1. The van der Waals surface area contributed by atoms with E-state index in [1.807, 2.05) is 6.07 Å². The monoisotopic (exact) mass is 411 g/mol. The lowest BCUT2D eigenvalue weighted by Gasteiger charge is -2.11. The number of nitro groups is 2. The lowest BCUT2D eigenvalue weighted by molar-refractivity contribution is -0.393. The number of hydrogen-bond acceptors (Lipinski definition) is 7. The smallest absolute Gasteiger partial charge is 0.301 e. The number of nitrogens with two attached hydrogens (primary N) is 1. The van der Waals surface area contributed by atoms with Crippen LogP contribution in [-0.2, 0) is 0 Å². The minimum absolute atomic E-state index is 0.00497. The molecule has 0 radical (unpaired) electrons. The van der Waals surface area contributed by atoms with E-state index in [9.17, 15) is 20.2 Å². The first-order chi connectivity index (χ1) is 13.9. The van der Waals surface area contributed by atoms with Crippen LogP contribution in [0.5, 0.6) is 0 Å². The van der Waals surface area contributed by atoms with Gasteiger partial charge in [0.15, 0.2) is 0 Å². The number of nitrogens with one attached hydrogen (secondary N) is 1. The predicted molar refractivity (Wildman–Crippen MR) is 111 cm³/mol. The zero-order chi connectivity index (χ0) is 21.0. The molecule has 0 bridgehead atoms. The van der Waals surface area contributed by atoms with Crippen LogP contribution in [0.4, 0.5) is 22.7 Å². The van der Waals surface area contributed by atoms with E-state index in [0.717, 1.165) is 12.1 Å². The molecule has 3 rings (SSSR count). The summed E-state index contributed by atoms with van der Waals surface area (Å²) in [5.41, 5.74) is 9.87. The minimum Gasteiger partial charge on any atom is -0.398 e. The second-order valence-electron chi connectivity index (χ2n) is 5.89. The molecule has 9 nitrogen and oxygen atoms in total. The van der Waals surface area contributed by atoms with Gasteiger partial charge in [0.1, 0.15) is 5.69 Å². The molecule has 0 heterocycles. The molecule has 0 aliphatic rings. The third-order valence-corrected chi connectivity index (χ3v) is 4.23. The fraction of sp³-hybridized carbons (Fsp3) is 0. The summed E-state index contributed by atoms with van der Waals surface area (Å²) in [5, 5.41) is 27.0. The number of hydrazone groups is 1. The normalized spacial score (nSPS) is 11.1. The van der Waals surface area contributed by atoms with Crippen molar-refractivity contribution >= 4 is 40.1 Å². The topological polar surface area (TPSA) is 137 Å². The van der Waals surface area contributed by atoms with Crippen molar-refractivity contribution < 1.29 is 9.85 Å². The van der Waals surface area contributed by atoms with Gasteiger partial charge in [-0.25, -0.2) is 0 Å². The summed E-state index contributed by atoms with van der Waals surface area (Å²) >= 11 is 6.10. The molecule has 0 aliphatic carbocycles. The van der Waals surface area contributed by atoms with Gasteiger partial charge in [-0.3, -0.25) is 25.7 Å². The highest BCUT2D eigenvalue weighted by molar-refractivity contribution is 6.31. The molecule has 0 saturated carbocycles. The van der Waals surface area contributed by atoms with Crippen molar-refractivity contribution in [2.45, 2.75) is 0 Å². The summed E-state index contributed by atoms with van der Waals surface area (Å²) in [7, 11) is 0. The van der Waals surface area contributed by atoms with Gasteiger partial charge >= 0.3 is 5.69 Å². The maximum absolute atomic E-state index is 11.3. The molecule has 0 atom stereocenters. The molecular formula is C19H14ClN5O4. The van der Waals surface area contributed by atoms with Crippen LogP contribution >= 0.6 is 11.6 Å². The molecule has 0 spiro atoms. The lowest BCUT2D eigenvalue weighted by Crippen LogP contribution is -2.10. The number of halogens is 1. The van der Waals surface area contributed by atoms with E-state index in [1.165, 1.54) is 6.07 Å². The van der Waals surface area contributed by atoms with Gasteiger partial charge in [-0.15, -0.1) is 0 Å². The van der Waals surface area contributed by atoms with E-state index in [0.29, 0.717) is 27.5 Å². The van der Waals surface area contributed by atoms with Crippen LogP contribution in [0.2, 0.25) is 5.02 Å². The first-order valence-corrected chi connectivity index (χ1v) is 8.62. The predicted octanol–water partition coefficient (Wildman–Crippen LogP) is 4.60. The number of hydrogen-bond donors (Lipinski definition) is 2. The molecular weight excluding hydrogens is 398 g/mol. The third kappa shape index (κ3) is 4.47. The quantitative estimate of drug-likeness (QED) is 0.263. The van der Waals surface area contributed by atoms with Crippen molar-refractivity contribution in [3.63, 3.8) is 0 Å². The van der Waals surface area contributed by atoms with E-state index >= 15 is 0 Å². The molecule has 3 aromatic carbocycles. The highest BCUT2D eigenvalue weighted by Crippen LogP contribution is 2.29. The Kier molecular flexibility index (Phi) is 5.70. The highest BCUT2D eigenvalue weighted by atomic mass is 35.5. The number of benzene rings is 3. The number of rotatable bonds is 6. The summed E-state index contributed by atoms with van der Waals surface area (Å²) in [6, 6.07) is 17.2. The molecule has 0 saturated heterocycles.